The number of aliphatic hydroxyl groups is 2. The minimum Gasteiger partial charge on any atom is -0.394 e. The van der Waals surface area contributed by atoms with Crippen molar-refractivity contribution in [3.05, 3.63) is 0 Å². The molecule has 4 heteroatoms. The van der Waals surface area contributed by atoms with Gasteiger partial charge in [0.25, 0.3) is 0 Å². The van der Waals surface area contributed by atoms with Gasteiger partial charge in [0.1, 0.15) is 0 Å². The fourth-order valence-electron chi connectivity index (χ4n) is 1.33. The van der Waals surface area contributed by atoms with Crippen molar-refractivity contribution < 1.29 is 10.2 Å². The number of nitrogens with zero attached hydrogens (tertiary/aromatic N) is 1. The third-order valence-electron chi connectivity index (χ3n) is 2.15. The van der Waals surface area contributed by atoms with Gasteiger partial charge in [0.2, 0.25) is 0 Å². The van der Waals surface area contributed by atoms with Crippen molar-refractivity contribution in [1.29, 1.82) is 5.26 Å². The molecular weight excluding hydrogens is 144 g/mol. The lowest BCUT2D eigenvalue weighted by Gasteiger charge is -2.24. The van der Waals surface area contributed by atoms with E-state index in [4.69, 9.17) is 15.5 Å². The summed E-state index contributed by atoms with van der Waals surface area (Å²) >= 11 is 0. The van der Waals surface area contributed by atoms with E-state index in [0.29, 0.717) is 12.8 Å². The van der Waals surface area contributed by atoms with Crippen LogP contribution in [0.1, 0.15) is 12.8 Å². The van der Waals surface area contributed by atoms with Gasteiger partial charge in [0, 0.05) is 0 Å². The predicted octanol–water partition coefficient (Wildman–Crippen LogP) is -1.01. The van der Waals surface area contributed by atoms with Crippen molar-refractivity contribution in [3.8, 4) is 6.07 Å². The van der Waals surface area contributed by atoms with Gasteiger partial charge < -0.3 is 10.2 Å². The molecule has 0 radical (unpaired) electrons. The van der Waals surface area contributed by atoms with Crippen molar-refractivity contribution in [3.63, 3.8) is 0 Å². The molecule has 0 aromatic heterocycles. The van der Waals surface area contributed by atoms with Crippen LogP contribution in [0, 0.1) is 11.3 Å². The molecule has 1 unspecified atom stereocenters. The largest absolute Gasteiger partial charge is 0.394 e. The zero-order valence-electron chi connectivity index (χ0n) is 6.25. The highest BCUT2D eigenvalue weighted by Crippen LogP contribution is 2.21. The molecule has 1 heterocycles. The van der Waals surface area contributed by atoms with Crippen LogP contribution in [0.4, 0.5) is 0 Å². The van der Waals surface area contributed by atoms with Crippen molar-refractivity contribution in [2.75, 3.05) is 13.2 Å². The molecule has 0 bridgehead atoms. The van der Waals surface area contributed by atoms with Gasteiger partial charge >= 0.3 is 0 Å². The zero-order valence-corrected chi connectivity index (χ0v) is 6.25. The minimum atomic E-state index is -0.611. The van der Waals surface area contributed by atoms with Gasteiger partial charge in [-0.05, 0) is 12.8 Å². The molecule has 11 heavy (non-hydrogen) atoms. The lowest BCUT2D eigenvalue weighted by atomic mass is 10.0. The number of nitriles is 1. The average Bonchev–Trinajstić information content (AvgIpc) is 2.49. The lowest BCUT2D eigenvalue weighted by Crippen LogP contribution is -2.49. The summed E-state index contributed by atoms with van der Waals surface area (Å²) in [6.07, 6.45) is 1.37. The zero-order chi connectivity index (χ0) is 8.32. The maximum absolute atomic E-state index is 8.90. The molecule has 1 fully saturated rings. The van der Waals surface area contributed by atoms with E-state index >= 15 is 0 Å². The maximum Gasteiger partial charge on any atom is 0.0959 e. The van der Waals surface area contributed by atoms with E-state index in [1.807, 2.05) is 0 Å². The highest BCUT2D eigenvalue weighted by atomic mass is 16.3. The topological polar surface area (TPSA) is 76.3 Å². The van der Waals surface area contributed by atoms with Crippen LogP contribution in [0.2, 0.25) is 0 Å². The van der Waals surface area contributed by atoms with E-state index in [9.17, 15) is 0 Å². The van der Waals surface area contributed by atoms with E-state index in [1.54, 1.807) is 0 Å². The van der Waals surface area contributed by atoms with Crippen LogP contribution in [0.5, 0.6) is 0 Å². The van der Waals surface area contributed by atoms with Gasteiger partial charge in [0.05, 0.1) is 30.9 Å². The van der Waals surface area contributed by atoms with Crippen molar-refractivity contribution in [1.82, 2.24) is 5.32 Å². The average molecular weight is 156 g/mol. The van der Waals surface area contributed by atoms with Crippen molar-refractivity contribution >= 4 is 0 Å². The summed E-state index contributed by atoms with van der Waals surface area (Å²) in [6, 6.07) is 1.84. The first-order valence-electron chi connectivity index (χ1n) is 3.65. The van der Waals surface area contributed by atoms with Gasteiger partial charge in [-0.1, -0.05) is 0 Å². The second-order valence-corrected chi connectivity index (χ2v) is 2.96. The standard InChI is InChI=1S/C7H12N2O2/c8-3-6-1-2-7(4-10,5-11)9-6/h6,9-11H,1-2,4-5H2. The highest BCUT2D eigenvalue weighted by Gasteiger charge is 2.37. The summed E-state index contributed by atoms with van der Waals surface area (Å²) in [5.74, 6) is 0. The van der Waals surface area contributed by atoms with Crippen LogP contribution in [0.25, 0.3) is 0 Å². The van der Waals surface area contributed by atoms with Gasteiger partial charge in [-0.2, -0.15) is 5.26 Å². The number of rotatable bonds is 2. The molecule has 0 aromatic rings. The number of hydrogen-bond acceptors (Lipinski definition) is 4. The van der Waals surface area contributed by atoms with Crippen LogP contribution in [0.3, 0.4) is 0 Å². The van der Waals surface area contributed by atoms with E-state index in [-0.39, 0.29) is 19.3 Å². The van der Waals surface area contributed by atoms with E-state index in [1.165, 1.54) is 0 Å². The fraction of sp³-hybridized carbons (Fsp3) is 0.857. The third kappa shape index (κ3) is 1.51. The van der Waals surface area contributed by atoms with Crippen LogP contribution in [0.15, 0.2) is 0 Å². The molecule has 62 valence electrons. The van der Waals surface area contributed by atoms with Gasteiger partial charge in [-0.3, -0.25) is 5.32 Å². The van der Waals surface area contributed by atoms with Crippen molar-refractivity contribution in [2.45, 2.75) is 24.4 Å². The Balaban J connectivity index is 2.56. The minimum absolute atomic E-state index is 0.109. The predicted molar refractivity (Wildman–Crippen MR) is 38.7 cm³/mol. The Kier molecular flexibility index (Phi) is 2.45. The van der Waals surface area contributed by atoms with Crippen LogP contribution >= 0.6 is 0 Å². The van der Waals surface area contributed by atoms with Crippen LogP contribution < -0.4 is 5.32 Å². The van der Waals surface area contributed by atoms with E-state index in [0.717, 1.165) is 0 Å². The molecule has 0 aliphatic carbocycles. The number of aliphatic hydroxyl groups excluding tert-OH is 2. The van der Waals surface area contributed by atoms with Crippen molar-refractivity contribution in [2.24, 2.45) is 0 Å². The summed E-state index contributed by atoms with van der Waals surface area (Å²) in [4.78, 5) is 0. The Morgan fingerprint density at radius 1 is 1.55 bits per heavy atom. The second-order valence-electron chi connectivity index (χ2n) is 2.96. The summed E-state index contributed by atoms with van der Waals surface area (Å²) < 4.78 is 0. The molecule has 1 atom stereocenters. The molecule has 3 N–H and O–H groups in total. The Morgan fingerprint density at radius 2 is 2.18 bits per heavy atom. The molecule has 0 amide bonds. The van der Waals surface area contributed by atoms with E-state index in [2.05, 4.69) is 11.4 Å². The molecule has 1 rings (SSSR count). The monoisotopic (exact) mass is 156 g/mol. The molecule has 1 aliphatic heterocycles. The lowest BCUT2D eigenvalue weighted by molar-refractivity contribution is 0.104. The highest BCUT2D eigenvalue weighted by molar-refractivity contribution is 5.05. The molecule has 1 saturated heterocycles. The summed E-state index contributed by atoms with van der Waals surface area (Å²) in [5.41, 5.74) is -0.611. The summed E-state index contributed by atoms with van der Waals surface area (Å²) in [5, 5.41) is 29.2. The Bertz CT molecular complexity index is 172. The quantitative estimate of drug-likeness (QED) is 0.478. The molecule has 4 nitrogen and oxygen atoms in total. The van der Waals surface area contributed by atoms with Crippen LogP contribution in [-0.4, -0.2) is 35.0 Å². The molecule has 0 saturated carbocycles. The Morgan fingerprint density at radius 3 is 2.45 bits per heavy atom. The smallest absolute Gasteiger partial charge is 0.0959 e. The normalized spacial score (nSPS) is 28.3. The maximum atomic E-state index is 8.90. The first-order valence-corrected chi connectivity index (χ1v) is 3.65. The number of hydrogen-bond donors (Lipinski definition) is 3. The van der Waals surface area contributed by atoms with Gasteiger partial charge in [0.15, 0.2) is 0 Å². The van der Waals surface area contributed by atoms with Crippen LogP contribution in [-0.2, 0) is 0 Å². The number of nitrogens with one attached hydrogen (secondary N) is 1. The Labute approximate surface area is 65.5 Å². The third-order valence-corrected chi connectivity index (χ3v) is 2.15. The molecule has 0 spiro atoms. The SMILES string of the molecule is N#CC1CCC(CO)(CO)N1. The first kappa shape index (κ1) is 8.47. The first-order chi connectivity index (χ1) is 5.26. The summed E-state index contributed by atoms with van der Waals surface area (Å²) in [7, 11) is 0. The fourth-order valence-corrected chi connectivity index (χ4v) is 1.33. The molecule has 0 aromatic carbocycles. The molecular formula is C7H12N2O2. The van der Waals surface area contributed by atoms with Gasteiger partial charge in [-0.15, -0.1) is 0 Å². The Hall–Kier alpha value is -0.630. The summed E-state index contributed by atoms with van der Waals surface area (Å²) in [6.45, 7) is -0.219. The second kappa shape index (κ2) is 3.18. The van der Waals surface area contributed by atoms with Gasteiger partial charge in [-0.25, -0.2) is 0 Å². The molecule has 1 aliphatic rings. The van der Waals surface area contributed by atoms with E-state index < -0.39 is 5.54 Å².